The Morgan fingerprint density at radius 3 is 2.44 bits per heavy atom. The third-order valence-electron chi connectivity index (χ3n) is 2.22. The van der Waals surface area contributed by atoms with E-state index in [2.05, 4.69) is 5.32 Å². The molecule has 90 valence electrons. The molecule has 0 radical (unpaired) electrons. The highest BCUT2D eigenvalue weighted by Gasteiger charge is 2.17. The zero-order chi connectivity index (χ0) is 12.3. The van der Waals surface area contributed by atoms with Crippen LogP contribution in [0.15, 0.2) is 12.1 Å². The molecule has 0 atom stereocenters. The van der Waals surface area contributed by atoms with Gasteiger partial charge in [0.2, 0.25) is 0 Å². The fourth-order valence-corrected chi connectivity index (χ4v) is 1.64. The Morgan fingerprint density at radius 2 is 1.94 bits per heavy atom. The molecule has 0 saturated carbocycles. The van der Waals surface area contributed by atoms with Crippen LogP contribution in [-0.2, 0) is 0 Å². The lowest BCUT2D eigenvalue weighted by Gasteiger charge is -2.26. The van der Waals surface area contributed by atoms with Gasteiger partial charge in [0.05, 0.1) is 22.8 Å². The first-order valence-electron chi connectivity index (χ1n) is 4.91. The Morgan fingerprint density at radius 1 is 1.31 bits per heavy atom. The van der Waals surface area contributed by atoms with Crippen molar-refractivity contribution < 1.29 is 4.74 Å². The molecular formula is C11H16Cl2N2O. The first-order chi connectivity index (χ1) is 7.39. The molecule has 1 rings (SSSR count). The number of methoxy groups -OCH3 is 1. The standard InChI is InChI=1S/C11H16Cl2N2O/c1-11(2,6-14)15-9-4-8(13)10(16-3)5-7(9)12/h4-5,15H,6,14H2,1-3H3. The van der Waals surface area contributed by atoms with Crippen LogP contribution in [0, 0.1) is 0 Å². The van der Waals surface area contributed by atoms with E-state index in [0.717, 1.165) is 5.69 Å². The average Bonchev–Trinajstić information content (AvgIpc) is 2.22. The second-order valence-corrected chi connectivity index (χ2v) is 4.99. The van der Waals surface area contributed by atoms with Crippen molar-refractivity contribution in [2.75, 3.05) is 19.0 Å². The molecule has 0 saturated heterocycles. The molecule has 0 bridgehead atoms. The summed E-state index contributed by atoms with van der Waals surface area (Å²) in [5, 5.41) is 4.31. The van der Waals surface area contributed by atoms with Gasteiger partial charge in [0.1, 0.15) is 5.75 Å². The van der Waals surface area contributed by atoms with Crippen LogP contribution in [0.4, 0.5) is 5.69 Å². The van der Waals surface area contributed by atoms with Crippen molar-refractivity contribution in [1.82, 2.24) is 0 Å². The third-order valence-corrected chi connectivity index (χ3v) is 2.83. The molecule has 16 heavy (non-hydrogen) atoms. The molecule has 5 heteroatoms. The van der Waals surface area contributed by atoms with Gasteiger partial charge < -0.3 is 15.8 Å². The van der Waals surface area contributed by atoms with E-state index in [1.54, 1.807) is 19.2 Å². The van der Waals surface area contributed by atoms with Crippen LogP contribution >= 0.6 is 23.2 Å². The predicted octanol–water partition coefficient (Wildman–Crippen LogP) is 3.15. The molecule has 0 unspecified atom stereocenters. The summed E-state index contributed by atoms with van der Waals surface area (Å²) in [5.74, 6) is 0.558. The van der Waals surface area contributed by atoms with E-state index in [9.17, 15) is 0 Å². The first kappa shape index (κ1) is 13.4. The SMILES string of the molecule is COc1cc(Cl)c(NC(C)(C)CN)cc1Cl. The summed E-state index contributed by atoms with van der Waals surface area (Å²) in [5.41, 5.74) is 6.15. The van der Waals surface area contributed by atoms with E-state index in [0.29, 0.717) is 22.3 Å². The summed E-state index contributed by atoms with van der Waals surface area (Å²) in [4.78, 5) is 0. The number of rotatable bonds is 4. The lowest BCUT2D eigenvalue weighted by Crippen LogP contribution is -2.39. The number of hydrogen-bond donors (Lipinski definition) is 2. The first-order valence-corrected chi connectivity index (χ1v) is 5.66. The van der Waals surface area contributed by atoms with Gasteiger partial charge in [-0.2, -0.15) is 0 Å². The van der Waals surface area contributed by atoms with Gasteiger partial charge in [-0.1, -0.05) is 23.2 Å². The van der Waals surface area contributed by atoms with Gasteiger partial charge in [-0.3, -0.25) is 0 Å². The van der Waals surface area contributed by atoms with Gasteiger partial charge >= 0.3 is 0 Å². The molecule has 1 aromatic rings. The molecule has 0 spiro atoms. The van der Waals surface area contributed by atoms with Crippen LogP contribution < -0.4 is 15.8 Å². The van der Waals surface area contributed by atoms with Crippen LogP contribution in [0.25, 0.3) is 0 Å². The van der Waals surface area contributed by atoms with Gasteiger partial charge in [0.15, 0.2) is 0 Å². The number of anilines is 1. The van der Waals surface area contributed by atoms with Crippen LogP contribution in [0.2, 0.25) is 10.0 Å². The largest absolute Gasteiger partial charge is 0.495 e. The molecular weight excluding hydrogens is 247 g/mol. The maximum atomic E-state index is 6.10. The quantitative estimate of drug-likeness (QED) is 0.877. The average molecular weight is 263 g/mol. The number of halogens is 2. The highest BCUT2D eigenvalue weighted by atomic mass is 35.5. The van der Waals surface area contributed by atoms with Crippen molar-refractivity contribution in [3.8, 4) is 5.75 Å². The molecule has 0 aliphatic rings. The summed E-state index contributed by atoms with van der Waals surface area (Å²) in [6, 6.07) is 3.42. The van der Waals surface area contributed by atoms with Gasteiger partial charge in [-0.05, 0) is 19.9 Å². The lowest BCUT2D eigenvalue weighted by atomic mass is 10.1. The number of nitrogens with two attached hydrogens (primary N) is 1. The summed E-state index contributed by atoms with van der Waals surface area (Å²) >= 11 is 12.1. The normalized spacial score (nSPS) is 11.4. The van der Waals surface area contributed by atoms with E-state index in [1.165, 1.54) is 0 Å². The number of benzene rings is 1. The van der Waals surface area contributed by atoms with Crippen molar-refractivity contribution in [3.05, 3.63) is 22.2 Å². The molecule has 0 aliphatic carbocycles. The summed E-state index contributed by atoms with van der Waals surface area (Å²) < 4.78 is 5.07. The number of hydrogen-bond acceptors (Lipinski definition) is 3. The monoisotopic (exact) mass is 262 g/mol. The summed E-state index contributed by atoms with van der Waals surface area (Å²) in [7, 11) is 1.55. The van der Waals surface area contributed by atoms with E-state index >= 15 is 0 Å². The molecule has 0 fully saturated rings. The topological polar surface area (TPSA) is 47.3 Å². The minimum absolute atomic E-state index is 0.235. The Labute approximate surface area is 106 Å². The number of ether oxygens (including phenoxy) is 1. The van der Waals surface area contributed by atoms with Gasteiger partial charge in [0, 0.05) is 18.2 Å². The van der Waals surface area contributed by atoms with E-state index in [4.69, 9.17) is 33.7 Å². The van der Waals surface area contributed by atoms with Gasteiger partial charge in [-0.25, -0.2) is 0 Å². The zero-order valence-corrected chi connectivity index (χ0v) is 11.1. The second-order valence-electron chi connectivity index (χ2n) is 4.18. The lowest BCUT2D eigenvalue weighted by molar-refractivity contribution is 0.415. The predicted molar refractivity (Wildman–Crippen MR) is 69.8 cm³/mol. The van der Waals surface area contributed by atoms with Crippen LogP contribution in [0.5, 0.6) is 5.75 Å². The van der Waals surface area contributed by atoms with Crippen LogP contribution in [0.1, 0.15) is 13.8 Å². The maximum Gasteiger partial charge on any atom is 0.139 e. The summed E-state index contributed by atoms with van der Waals surface area (Å²) in [6.45, 7) is 4.47. The van der Waals surface area contributed by atoms with Gasteiger partial charge in [0.25, 0.3) is 0 Å². The minimum Gasteiger partial charge on any atom is -0.495 e. The maximum absolute atomic E-state index is 6.10. The molecule has 0 amide bonds. The van der Waals surface area contributed by atoms with Crippen molar-refractivity contribution >= 4 is 28.9 Å². The smallest absolute Gasteiger partial charge is 0.139 e. The highest BCUT2D eigenvalue weighted by molar-refractivity contribution is 6.36. The molecule has 3 nitrogen and oxygen atoms in total. The van der Waals surface area contributed by atoms with Crippen molar-refractivity contribution in [1.29, 1.82) is 0 Å². The molecule has 0 aromatic heterocycles. The van der Waals surface area contributed by atoms with E-state index < -0.39 is 0 Å². The van der Waals surface area contributed by atoms with Crippen molar-refractivity contribution in [2.24, 2.45) is 5.73 Å². The Kier molecular flexibility index (Phi) is 4.30. The second kappa shape index (κ2) is 5.13. The Hall–Kier alpha value is -0.640. The number of nitrogens with one attached hydrogen (secondary N) is 1. The fraction of sp³-hybridized carbons (Fsp3) is 0.455. The Bertz CT molecular complexity index is 380. The van der Waals surface area contributed by atoms with Crippen LogP contribution in [-0.4, -0.2) is 19.2 Å². The third kappa shape index (κ3) is 3.17. The molecule has 0 aliphatic heterocycles. The Balaban J connectivity index is 3.02. The molecule has 3 N–H and O–H groups in total. The van der Waals surface area contributed by atoms with Crippen molar-refractivity contribution in [2.45, 2.75) is 19.4 Å². The minimum atomic E-state index is -0.235. The van der Waals surface area contributed by atoms with E-state index in [1.807, 2.05) is 13.8 Å². The van der Waals surface area contributed by atoms with Gasteiger partial charge in [-0.15, -0.1) is 0 Å². The summed E-state index contributed by atoms with van der Waals surface area (Å²) in [6.07, 6.45) is 0. The zero-order valence-electron chi connectivity index (χ0n) is 9.60. The molecule has 0 heterocycles. The van der Waals surface area contributed by atoms with Crippen molar-refractivity contribution in [3.63, 3.8) is 0 Å². The highest BCUT2D eigenvalue weighted by Crippen LogP contribution is 2.35. The molecule has 1 aromatic carbocycles. The van der Waals surface area contributed by atoms with Crippen LogP contribution in [0.3, 0.4) is 0 Å². The fourth-order valence-electron chi connectivity index (χ4n) is 1.20. The van der Waals surface area contributed by atoms with E-state index in [-0.39, 0.29) is 5.54 Å².